The number of urea groups is 1. The Morgan fingerprint density at radius 3 is 2.30 bits per heavy atom. The van der Waals surface area contributed by atoms with Gasteiger partial charge >= 0.3 is 6.03 Å². The molecule has 1 aliphatic carbocycles. The number of piperidine rings is 2. The minimum Gasteiger partial charge on any atom is -0.507 e. The molecule has 3 amide bonds. The molecule has 5 saturated heterocycles. The molecule has 2 bridgehead atoms. The number of aromatic hydroxyl groups is 1. The standard InChI is InChI=1S/C49H56F2N10O3/c1-30-26-60(41-22-39(51)43(21-37(30)41)59-17-12-46(63)53-48(59)64)35-24-49(25-35)13-18-56(19-14-49)27-31-10-15-57(16-11-31)42-20-32(8-9-38(42)50)61-33-6-7-34(61)29-58(28-33)44-23-40(54-55-47(44)52)36-4-2-3-5-45(36)62/h2-5,8-9,20-23,26,31,33-35,62H,6-7,10-19,24-25,27-29H2,1H3,(H2,52,55)(H,53,63,64). The van der Waals surface area contributed by atoms with E-state index in [0.29, 0.717) is 40.1 Å². The van der Waals surface area contributed by atoms with Gasteiger partial charge in [0.05, 0.1) is 28.3 Å². The van der Waals surface area contributed by atoms with E-state index in [-0.39, 0.29) is 48.2 Å². The van der Waals surface area contributed by atoms with E-state index in [9.17, 15) is 14.7 Å². The molecule has 64 heavy (non-hydrogen) atoms. The molecule has 4 N–H and O–H groups in total. The van der Waals surface area contributed by atoms with Crippen LogP contribution in [0.15, 0.2) is 66.9 Å². The number of aryl methyl sites for hydroxylation is 1. The lowest BCUT2D eigenvalue weighted by Crippen LogP contribution is -2.54. The van der Waals surface area contributed by atoms with Gasteiger partial charge < -0.3 is 35.0 Å². The number of imide groups is 1. The van der Waals surface area contributed by atoms with Crippen LogP contribution in [-0.4, -0.2) is 101 Å². The van der Waals surface area contributed by atoms with Gasteiger partial charge in [0.2, 0.25) is 5.91 Å². The van der Waals surface area contributed by atoms with E-state index in [4.69, 9.17) is 5.73 Å². The Hall–Kier alpha value is -5.96. The van der Waals surface area contributed by atoms with Gasteiger partial charge in [-0.25, -0.2) is 13.6 Å². The first kappa shape index (κ1) is 40.8. The number of phenolic OH excluding ortho intramolecular Hbond substituents is 1. The van der Waals surface area contributed by atoms with Crippen molar-refractivity contribution in [2.75, 3.05) is 77.7 Å². The number of nitrogens with two attached hydrogens (primary N) is 1. The largest absolute Gasteiger partial charge is 0.507 e. The number of halogens is 2. The highest BCUT2D eigenvalue weighted by Crippen LogP contribution is 2.56. The maximum absolute atomic E-state index is 15.6. The second kappa shape index (κ2) is 15.9. The van der Waals surface area contributed by atoms with E-state index in [1.54, 1.807) is 30.3 Å². The number of phenols is 1. The maximum atomic E-state index is 15.6. The van der Waals surface area contributed by atoms with E-state index in [1.165, 1.54) is 17.7 Å². The van der Waals surface area contributed by atoms with E-state index in [2.05, 4.69) is 51.9 Å². The second-order valence-corrected chi connectivity index (χ2v) is 19.4. The van der Waals surface area contributed by atoms with Crippen LogP contribution in [0.2, 0.25) is 0 Å². The van der Waals surface area contributed by atoms with Crippen molar-refractivity contribution in [3.63, 3.8) is 0 Å². The van der Waals surface area contributed by atoms with Crippen LogP contribution in [0, 0.1) is 29.9 Å². The highest BCUT2D eigenvalue weighted by atomic mass is 19.1. The number of nitrogen functional groups attached to an aromatic ring is 1. The van der Waals surface area contributed by atoms with E-state index in [0.717, 1.165) is 112 Å². The first-order chi connectivity index (χ1) is 31.0. The molecule has 3 aromatic carbocycles. The molecule has 2 aromatic heterocycles. The number of likely N-dealkylation sites (tertiary alicyclic amines) is 1. The summed E-state index contributed by atoms with van der Waals surface area (Å²) < 4.78 is 33.4. The van der Waals surface area contributed by atoms with Gasteiger partial charge in [-0.15, -0.1) is 10.2 Å². The molecular formula is C49H56F2N10O3. The average Bonchev–Trinajstić information content (AvgIpc) is 3.73. The van der Waals surface area contributed by atoms with Gasteiger partial charge in [-0.3, -0.25) is 15.0 Å². The molecule has 6 fully saturated rings. The monoisotopic (exact) mass is 870 g/mol. The zero-order chi connectivity index (χ0) is 43.9. The molecular weight excluding hydrogens is 815 g/mol. The molecule has 0 radical (unpaired) electrons. The normalized spacial score (nSPS) is 23.0. The summed E-state index contributed by atoms with van der Waals surface area (Å²) >= 11 is 0. The summed E-state index contributed by atoms with van der Waals surface area (Å²) in [6.07, 6.45) is 11.0. The van der Waals surface area contributed by atoms with Crippen LogP contribution in [-0.2, 0) is 4.79 Å². The van der Waals surface area contributed by atoms with Crippen LogP contribution in [0.1, 0.15) is 69.4 Å². The van der Waals surface area contributed by atoms with Crippen LogP contribution in [0.5, 0.6) is 5.75 Å². The highest BCUT2D eigenvalue weighted by molar-refractivity contribution is 6.06. The van der Waals surface area contributed by atoms with Gasteiger partial charge in [0, 0.05) is 92.7 Å². The lowest BCUT2D eigenvalue weighted by molar-refractivity contribution is -0.120. The van der Waals surface area contributed by atoms with Crippen LogP contribution in [0.25, 0.3) is 22.2 Å². The number of aromatic nitrogens is 3. The van der Waals surface area contributed by atoms with Crippen molar-refractivity contribution >= 4 is 51.4 Å². The highest BCUT2D eigenvalue weighted by Gasteiger charge is 2.47. The van der Waals surface area contributed by atoms with Gasteiger partial charge in [0.15, 0.2) is 5.82 Å². The fraction of sp³-hybridized carbons (Fsp3) is 0.469. The van der Waals surface area contributed by atoms with Gasteiger partial charge in [0.1, 0.15) is 17.4 Å². The third kappa shape index (κ3) is 7.25. The number of hydrogen-bond acceptors (Lipinski definition) is 10. The molecule has 13 nitrogen and oxygen atoms in total. The van der Waals surface area contributed by atoms with Crippen LogP contribution in [0.3, 0.4) is 0 Å². The summed E-state index contributed by atoms with van der Waals surface area (Å²) in [6.45, 7) is 8.68. The summed E-state index contributed by atoms with van der Waals surface area (Å²) in [6, 6.07) is 18.3. The molecule has 6 aliphatic rings. The van der Waals surface area contributed by atoms with Crippen molar-refractivity contribution < 1.29 is 23.5 Å². The van der Waals surface area contributed by atoms with Gasteiger partial charge in [-0.1, -0.05) is 12.1 Å². The Labute approximate surface area is 371 Å². The number of anilines is 5. The number of fused-ring (bicyclic) bond motifs is 3. The van der Waals surface area contributed by atoms with Crippen LogP contribution < -0.4 is 30.7 Å². The van der Waals surface area contributed by atoms with Crippen LogP contribution >= 0.6 is 0 Å². The zero-order valence-electron chi connectivity index (χ0n) is 36.4. The zero-order valence-corrected chi connectivity index (χ0v) is 36.4. The van der Waals surface area contributed by atoms with Crippen molar-refractivity contribution in [2.45, 2.75) is 82.8 Å². The number of piperazine rings is 1. The Kier molecular flexibility index (Phi) is 10.2. The maximum Gasteiger partial charge on any atom is 0.328 e. The fourth-order valence-electron chi connectivity index (χ4n) is 12.1. The average molecular weight is 871 g/mol. The quantitative estimate of drug-likeness (QED) is 0.143. The fourth-order valence-corrected chi connectivity index (χ4v) is 12.1. The second-order valence-electron chi connectivity index (χ2n) is 19.4. The number of hydrogen-bond donors (Lipinski definition) is 3. The number of amides is 3. The number of carbonyl (C=O) groups is 2. The van der Waals surface area contributed by atoms with Gasteiger partial charge in [0.25, 0.3) is 0 Å². The van der Waals surface area contributed by atoms with Crippen LogP contribution in [0.4, 0.5) is 42.1 Å². The summed E-state index contributed by atoms with van der Waals surface area (Å²) in [7, 11) is 0. The number of nitrogens with zero attached hydrogens (tertiary/aromatic N) is 8. The van der Waals surface area contributed by atoms with Crippen molar-refractivity contribution in [2.24, 2.45) is 11.3 Å². The summed E-state index contributed by atoms with van der Waals surface area (Å²) in [5, 5.41) is 22.2. The molecule has 2 atom stereocenters. The summed E-state index contributed by atoms with van der Waals surface area (Å²) in [4.78, 5) is 35.2. The third-order valence-corrected chi connectivity index (χ3v) is 15.6. The summed E-state index contributed by atoms with van der Waals surface area (Å²) in [5.41, 5.74) is 12.6. The summed E-state index contributed by atoms with van der Waals surface area (Å²) in [5.74, 6) is 0.161. The number of benzene rings is 3. The van der Waals surface area contributed by atoms with E-state index in [1.807, 2.05) is 31.2 Å². The molecule has 5 aliphatic heterocycles. The first-order valence-corrected chi connectivity index (χ1v) is 23.1. The Morgan fingerprint density at radius 1 is 0.812 bits per heavy atom. The van der Waals surface area contributed by atoms with Gasteiger partial charge in [-0.05, 0) is 131 Å². The van der Waals surface area contributed by atoms with E-state index >= 15 is 8.78 Å². The molecule has 15 heteroatoms. The smallest absolute Gasteiger partial charge is 0.328 e. The lowest BCUT2D eigenvalue weighted by atomic mass is 9.60. The first-order valence-electron chi connectivity index (χ1n) is 23.1. The predicted octanol–water partition coefficient (Wildman–Crippen LogP) is 7.61. The number of rotatable bonds is 8. The van der Waals surface area contributed by atoms with E-state index < -0.39 is 11.8 Å². The minimum absolute atomic E-state index is 0.151. The molecule has 1 saturated carbocycles. The van der Waals surface area contributed by atoms with Crippen molar-refractivity contribution in [3.8, 4) is 17.0 Å². The molecule has 7 heterocycles. The van der Waals surface area contributed by atoms with Crippen molar-refractivity contribution in [1.82, 2.24) is 25.0 Å². The molecule has 5 aromatic rings. The number of carbonyl (C=O) groups excluding carboxylic acids is 2. The molecule has 334 valence electrons. The lowest BCUT2D eigenvalue weighted by Gasteiger charge is -2.53. The topological polar surface area (TPSA) is 139 Å². The molecule has 2 unspecified atom stereocenters. The van der Waals surface area contributed by atoms with Crippen molar-refractivity contribution in [3.05, 3.63) is 84.1 Å². The van der Waals surface area contributed by atoms with Crippen molar-refractivity contribution in [1.29, 1.82) is 0 Å². The SMILES string of the molecule is Cc1cn(C2CC3(CCN(CC4CCN(c5cc(N6C7CCC6CN(c6cc(-c8ccccc8O)nnc6N)C7)ccc5F)CC4)CC3)C2)c2cc(F)c(N3CCC(=O)NC3=O)cc12. The molecule has 1 spiro atoms. The minimum atomic E-state index is -0.578. The molecule has 11 rings (SSSR count). The number of para-hydroxylation sites is 1. The third-order valence-electron chi connectivity index (χ3n) is 15.6. The Balaban J connectivity index is 0.679. The predicted molar refractivity (Wildman–Crippen MR) is 245 cm³/mol. The Bertz CT molecular complexity index is 2620. The Morgan fingerprint density at radius 2 is 1.56 bits per heavy atom. The number of nitrogens with one attached hydrogen (secondary N) is 1. The van der Waals surface area contributed by atoms with Gasteiger partial charge in [-0.2, -0.15) is 0 Å².